The van der Waals surface area contributed by atoms with Crippen LogP contribution in [0.25, 0.3) is 11.0 Å². The van der Waals surface area contributed by atoms with E-state index in [0.29, 0.717) is 16.5 Å². The molecule has 1 aromatic heterocycles. The highest BCUT2D eigenvalue weighted by Crippen LogP contribution is 2.23. The lowest BCUT2D eigenvalue weighted by molar-refractivity contribution is 0.0469. The van der Waals surface area contributed by atoms with Gasteiger partial charge in [0.1, 0.15) is 12.2 Å². The van der Waals surface area contributed by atoms with Gasteiger partial charge < -0.3 is 9.15 Å². The number of ether oxygens (including phenoxy) is 1. The largest absolute Gasteiger partial charge is 0.457 e. The Morgan fingerprint density at radius 2 is 1.75 bits per heavy atom. The summed E-state index contributed by atoms with van der Waals surface area (Å²) in [4.78, 5) is 24.3. The first-order valence-corrected chi connectivity index (χ1v) is 10.4. The van der Waals surface area contributed by atoms with Crippen molar-refractivity contribution in [2.24, 2.45) is 0 Å². The highest BCUT2D eigenvalue weighted by molar-refractivity contribution is 7.91. The quantitative estimate of drug-likeness (QED) is 0.480. The Balaban J connectivity index is 1.95. The van der Waals surface area contributed by atoms with Crippen LogP contribution in [0.15, 0.2) is 56.6 Å². The van der Waals surface area contributed by atoms with Crippen molar-refractivity contribution in [3.8, 4) is 0 Å². The second-order valence-electron chi connectivity index (χ2n) is 6.50. The van der Waals surface area contributed by atoms with Crippen LogP contribution in [0.4, 0.5) is 0 Å². The summed E-state index contributed by atoms with van der Waals surface area (Å²) in [5, 5.41) is 0.671. The molecule has 6 nitrogen and oxygen atoms in total. The van der Waals surface area contributed by atoms with Crippen LogP contribution in [-0.2, 0) is 21.2 Å². The summed E-state index contributed by atoms with van der Waals surface area (Å²) in [6, 6.07) is 10.8. The first-order chi connectivity index (χ1) is 13.2. The molecule has 3 rings (SSSR count). The molecule has 3 aromatic rings. The summed E-state index contributed by atoms with van der Waals surface area (Å²) in [7, 11) is -3.57. The van der Waals surface area contributed by atoms with Gasteiger partial charge in [-0.25, -0.2) is 18.0 Å². The zero-order valence-corrected chi connectivity index (χ0v) is 16.6. The first kappa shape index (κ1) is 19.8. The van der Waals surface area contributed by atoms with Crippen LogP contribution in [0.1, 0.15) is 34.0 Å². The molecule has 0 bridgehead atoms. The van der Waals surface area contributed by atoms with E-state index >= 15 is 0 Å². The van der Waals surface area contributed by atoms with E-state index in [1.807, 2.05) is 19.9 Å². The normalized spacial score (nSPS) is 11.5. The van der Waals surface area contributed by atoms with Crippen LogP contribution in [0.5, 0.6) is 0 Å². The number of fused-ring (bicyclic) bond motifs is 1. The van der Waals surface area contributed by atoms with Crippen molar-refractivity contribution in [3.05, 3.63) is 75.1 Å². The smallest absolute Gasteiger partial charge is 0.339 e. The van der Waals surface area contributed by atoms with Crippen LogP contribution in [0.2, 0.25) is 0 Å². The molecule has 7 heteroatoms. The number of carbonyl (C=O) groups is 1. The Hall–Kier alpha value is -2.93. The molecule has 0 aliphatic carbocycles. The van der Waals surface area contributed by atoms with Gasteiger partial charge in [-0.15, -0.1) is 0 Å². The van der Waals surface area contributed by atoms with E-state index in [9.17, 15) is 18.0 Å². The highest BCUT2D eigenvalue weighted by atomic mass is 32.2. The summed E-state index contributed by atoms with van der Waals surface area (Å²) < 4.78 is 35.0. The van der Waals surface area contributed by atoms with Crippen LogP contribution in [0.3, 0.4) is 0 Å². The van der Waals surface area contributed by atoms with Crippen molar-refractivity contribution in [1.82, 2.24) is 0 Å². The van der Waals surface area contributed by atoms with Crippen molar-refractivity contribution in [3.63, 3.8) is 0 Å². The zero-order chi connectivity index (χ0) is 20.5. The summed E-state index contributed by atoms with van der Waals surface area (Å²) in [5.41, 5.74) is 2.32. The van der Waals surface area contributed by atoms with Gasteiger partial charge in [-0.3, -0.25) is 0 Å². The fourth-order valence-corrected chi connectivity index (χ4v) is 3.97. The number of hydrogen-bond acceptors (Lipinski definition) is 6. The Morgan fingerprint density at radius 3 is 2.46 bits per heavy atom. The standard InChI is InChI=1S/C21H20O6S/c1-4-28(24,25)19-8-6-5-7-16(19)21(23)26-12-15-11-20(22)27-18-10-14(3)13(2)9-17(15)18/h5-11H,4,12H2,1-3H3. The maximum Gasteiger partial charge on any atom is 0.339 e. The Kier molecular flexibility index (Phi) is 5.38. The third kappa shape index (κ3) is 3.84. The Bertz CT molecular complexity index is 1220. The molecular weight excluding hydrogens is 380 g/mol. The second-order valence-corrected chi connectivity index (χ2v) is 8.75. The van der Waals surface area contributed by atoms with E-state index < -0.39 is 21.4 Å². The minimum Gasteiger partial charge on any atom is -0.457 e. The number of sulfone groups is 1. The van der Waals surface area contributed by atoms with E-state index in [4.69, 9.17) is 9.15 Å². The topological polar surface area (TPSA) is 90.6 Å². The van der Waals surface area contributed by atoms with E-state index in [2.05, 4.69) is 0 Å². The summed E-state index contributed by atoms with van der Waals surface area (Å²) >= 11 is 0. The maximum absolute atomic E-state index is 12.6. The molecule has 0 amide bonds. The lowest BCUT2D eigenvalue weighted by Crippen LogP contribution is -2.14. The molecular formula is C21H20O6S. The molecule has 0 fully saturated rings. The molecule has 0 radical (unpaired) electrons. The van der Waals surface area contributed by atoms with Crippen molar-refractivity contribution in [2.75, 3.05) is 5.75 Å². The number of rotatable bonds is 5. The van der Waals surface area contributed by atoms with E-state index in [-0.39, 0.29) is 22.8 Å². The van der Waals surface area contributed by atoms with Gasteiger partial charge in [0.25, 0.3) is 0 Å². The van der Waals surface area contributed by atoms with Gasteiger partial charge in [0.05, 0.1) is 16.2 Å². The minimum absolute atomic E-state index is 0.0244. The molecule has 146 valence electrons. The predicted octanol–water partition coefficient (Wildman–Crippen LogP) is 3.56. The van der Waals surface area contributed by atoms with Crippen LogP contribution in [0, 0.1) is 13.8 Å². The molecule has 0 spiro atoms. The highest BCUT2D eigenvalue weighted by Gasteiger charge is 2.22. The molecule has 2 aromatic carbocycles. The summed E-state index contributed by atoms with van der Waals surface area (Å²) in [6.07, 6.45) is 0. The molecule has 0 aliphatic rings. The maximum atomic E-state index is 12.6. The number of aryl methyl sites for hydroxylation is 2. The van der Waals surface area contributed by atoms with Crippen LogP contribution >= 0.6 is 0 Å². The Morgan fingerprint density at radius 1 is 1.07 bits per heavy atom. The number of hydrogen-bond donors (Lipinski definition) is 0. The summed E-state index contributed by atoms with van der Waals surface area (Å²) in [5.74, 6) is -0.891. The molecule has 28 heavy (non-hydrogen) atoms. The fourth-order valence-electron chi connectivity index (χ4n) is 2.89. The average Bonchev–Trinajstić information content (AvgIpc) is 2.67. The molecule has 0 aliphatic heterocycles. The monoisotopic (exact) mass is 400 g/mol. The third-order valence-corrected chi connectivity index (χ3v) is 6.41. The van der Waals surface area contributed by atoms with Crippen molar-refractivity contribution in [1.29, 1.82) is 0 Å². The number of esters is 1. The Labute approximate surface area is 162 Å². The molecule has 0 saturated heterocycles. The fraction of sp³-hybridized carbons (Fsp3) is 0.238. The number of benzene rings is 2. The SMILES string of the molecule is CCS(=O)(=O)c1ccccc1C(=O)OCc1cc(=O)oc2cc(C)c(C)cc12. The van der Waals surface area contributed by atoms with Gasteiger partial charge in [0.2, 0.25) is 0 Å². The van der Waals surface area contributed by atoms with Crippen molar-refractivity contribution < 1.29 is 22.4 Å². The molecule has 0 N–H and O–H groups in total. The average molecular weight is 400 g/mol. The zero-order valence-electron chi connectivity index (χ0n) is 15.8. The molecule has 0 saturated carbocycles. The van der Waals surface area contributed by atoms with Crippen LogP contribution < -0.4 is 5.63 Å². The summed E-state index contributed by atoms with van der Waals surface area (Å²) in [6.45, 7) is 5.18. The van der Waals surface area contributed by atoms with Gasteiger partial charge in [-0.2, -0.15) is 0 Å². The van der Waals surface area contributed by atoms with Gasteiger partial charge in [0, 0.05) is 17.0 Å². The molecule has 0 unspecified atom stereocenters. The lowest BCUT2D eigenvalue weighted by atomic mass is 10.0. The predicted molar refractivity (Wildman–Crippen MR) is 105 cm³/mol. The lowest BCUT2D eigenvalue weighted by Gasteiger charge is -2.11. The van der Waals surface area contributed by atoms with Gasteiger partial charge in [0.15, 0.2) is 9.84 Å². The van der Waals surface area contributed by atoms with Crippen molar-refractivity contribution in [2.45, 2.75) is 32.3 Å². The second kappa shape index (κ2) is 7.59. The minimum atomic E-state index is -3.57. The van der Waals surface area contributed by atoms with E-state index in [1.54, 1.807) is 18.2 Å². The number of carbonyl (C=O) groups excluding carboxylic acids is 1. The van der Waals surface area contributed by atoms with Gasteiger partial charge in [-0.05, 0) is 49.2 Å². The van der Waals surface area contributed by atoms with Gasteiger partial charge in [-0.1, -0.05) is 19.1 Å². The third-order valence-electron chi connectivity index (χ3n) is 4.63. The molecule has 0 atom stereocenters. The first-order valence-electron chi connectivity index (χ1n) is 8.76. The van der Waals surface area contributed by atoms with E-state index in [0.717, 1.165) is 11.1 Å². The van der Waals surface area contributed by atoms with Gasteiger partial charge >= 0.3 is 11.6 Å². The van der Waals surface area contributed by atoms with Crippen LogP contribution in [-0.4, -0.2) is 20.1 Å². The van der Waals surface area contributed by atoms with E-state index in [1.165, 1.54) is 25.1 Å². The molecule has 1 heterocycles. The van der Waals surface area contributed by atoms with Crippen molar-refractivity contribution >= 4 is 26.8 Å².